The Morgan fingerprint density at radius 1 is 1.25 bits per heavy atom. The topological polar surface area (TPSA) is 50.7 Å². The third kappa shape index (κ3) is 1.75. The van der Waals surface area contributed by atoms with Crippen LogP contribution in [-0.2, 0) is 9.53 Å². The van der Waals surface area contributed by atoms with Gasteiger partial charge in [0, 0.05) is 7.11 Å². The van der Waals surface area contributed by atoms with Gasteiger partial charge in [0.25, 0.3) is 5.91 Å². The molecule has 2 rings (SSSR count). The van der Waals surface area contributed by atoms with E-state index in [1.165, 1.54) is 6.42 Å². The molecule has 1 saturated carbocycles. The lowest BCUT2D eigenvalue weighted by molar-refractivity contribution is -0.122. The summed E-state index contributed by atoms with van der Waals surface area (Å²) in [5.74, 6) is 0.717. The highest BCUT2D eigenvalue weighted by Crippen LogP contribution is 2.34. The van der Waals surface area contributed by atoms with Gasteiger partial charge in [-0.3, -0.25) is 9.79 Å². The normalized spacial score (nSPS) is 27.4. The number of ether oxygens (including phenoxy) is 1. The number of hydrogen-bond acceptors (Lipinski definition) is 3. The summed E-state index contributed by atoms with van der Waals surface area (Å²) in [5, 5.41) is 2.89. The molecule has 1 aliphatic heterocycles. The van der Waals surface area contributed by atoms with Gasteiger partial charge in [-0.1, -0.05) is 19.3 Å². The third-order valence-electron chi connectivity index (χ3n) is 3.66. The zero-order valence-electron chi connectivity index (χ0n) is 10.3. The lowest BCUT2D eigenvalue weighted by Gasteiger charge is -2.35. The first-order valence-electron chi connectivity index (χ1n) is 5.97. The Morgan fingerprint density at radius 3 is 2.31 bits per heavy atom. The van der Waals surface area contributed by atoms with E-state index < -0.39 is 5.54 Å². The molecule has 0 radical (unpaired) electrons. The summed E-state index contributed by atoms with van der Waals surface area (Å²) in [5.41, 5.74) is -0.986. The predicted molar refractivity (Wildman–Crippen MR) is 62.5 cm³/mol. The molecule has 4 heteroatoms. The molecule has 0 aromatic rings. The number of rotatable bonds is 2. The van der Waals surface area contributed by atoms with E-state index in [9.17, 15) is 4.79 Å². The minimum Gasteiger partial charge on any atom is -0.370 e. The first-order chi connectivity index (χ1) is 7.50. The van der Waals surface area contributed by atoms with Crippen LogP contribution in [0.15, 0.2) is 4.99 Å². The molecule has 4 nitrogen and oxygen atoms in total. The van der Waals surface area contributed by atoms with Crippen LogP contribution in [0.4, 0.5) is 0 Å². The fourth-order valence-electron chi connectivity index (χ4n) is 2.49. The van der Waals surface area contributed by atoms with Gasteiger partial charge >= 0.3 is 0 Å². The van der Waals surface area contributed by atoms with Gasteiger partial charge in [-0.05, 0) is 26.7 Å². The van der Waals surface area contributed by atoms with Gasteiger partial charge in [0.2, 0.25) is 0 Å². The van der Waals surface area contributed by atoms with Gasteiger partial charge < -0.3 is 10.1 Å². The summed E-state index contributed by atoms with van der Waals surface area (Å²) < 4.78 is 5.66. The summed E-state index contributed by atoms with van der Waals surface area (Å²) in [6, 6.07) is 0. The highest BCUT2D eigenvalue weighted by atomic mass is 16.5. The summed E-state index contributed by atoms with van der Waals surface area (Å²) >= 11 is 0. The Kier molecular flexibility index (Phi) is 2.78. The Bertz CT molecular complexity index is 328. The number of nitrogens with one attached hydrogen (secondary N) is 1. The standard InChI is InChI=1S/C12H20N2O2/c1-11(2)10(15)13-9(14-11)12(16-3)7-5-4-6-8-12/h4-8H2,1-3H3,(H,13,14,15). The molecule has 16 heavy (non-hydrogen) atoms. The molecular weight excluding hydrogens is 204 g/mol. The Hall–Kier alpha value is -0.900. The van der Waals surface area contributed by atoms with Gasteiger partial charge in [-0.25, -0.2) is 0 Å². The lowest BCUT2D eigenvalue weighted by atomic mass is 9.83. The SMILES string of the molecule is COC1(C2=NC(C)(C)C(=O)N2)CCCCC1. The van der Waals surface area contributed by atoms with Gasteiger partial charge in [-0.2, -0.15) is 0 Å². The van der Waals surface area contributed by atoms with Crippen LogP contribution in [-0.4, -0.2) is 30.0 Å². The van der Waals surface area contributed by atoms with Crippen molar-refractivity contribution in [3.05, 3.63) is 0 Å². The van der Waals surface area contributed by atoms with Crippen molar-refractivity contribution in [2.24, 2.45) is 4.99 Å². The molecule has 90 valence electrons. The molecule has 0 saturated heterocycles. The largest absolute Gasteiger partial charge is 0.370 e. The van der Waals surface area contributed by atoms with Crippen molar-refractivity contribution < 1.29 is 9.53 Å². The summed E-state index contributed by atoms with van der Waals surface area (Å²) in [7, 11) is 1.71. The highest BCUT2D eigenvalue weighted by Gasteiger charge is 2.45. The second-order valence-corrected chi connectivity index (χ2v) is 5.23. The quantitative estimate of drug-likeness (QED) is 0.775. The van der Waals surface area contributed by atoms with Crippen molar-refractivity contribution in [1.29, 1.82) is 0 Å². The molecule has 1 N–H and O–H groups in total. The van der Waals surface area contributed by atoms with Crippen molar-refractivity contribution in [3.8, 4) is 0 Å². The van der Waals surface area contributed by atoms with E-state index in [2.05, 4.69) is 10.3 Å². The smallest absolute Gasteiger partial charge is 0.252 e. The minimum atomic E-state index is -0.641. The van der Waals surface area contributed by atoms with Crippen LogP contribution >= 0.6 is 0 Å². The van der Waals surface area contributed by atoms with Crippen molar-refractivity contribution in [1.82, 2.24) is 5.32 Å². The fraction of sp³-hybridized carbons (Fsp3) is 0.833. The maximum absolute atomic E-state index is 11.7. The van der Waals surface area contributed by atoms with Gasteiger partial charge in [0.05, 0.1) is 0 Å². The molecule has 0 spiro atoms. The minimum absolute atomic E-state index is 0.0236. The van der Waals surface area contributed by atoms with E-state index in [0.717, 1.165) is 31.5 Å². The number of nitrogens with zero attached hydrogens (tertiary/aromatic N) is 1. The van der Waals surface area contributed by atoms with E-state index in [0.29, 0.717) is 0 Å². The highest BCUT2D eigenvalue weighted by molar-refractivity contribution is 6.11. The van der Waals surface area contributed by atoms with Crippen LogP contribution in [0.2, 0.25) is 0 Å². The van der Waals surface area contributed by atoms with E-state index >= 15 is 0 Å². The first-order valence-corrected chi connectivity index (χ1v) is 5.97. The third-order valence-corrected chi connectivity index (χ3v) is 3.66. The van der Waals surface area contributed by atoms with Crippen LogP contribution in [0, 0.1) is 0 Å². The second kappa shape index (κ2) is 3.84. The van der Waals surface area contributed by atoms with E-state index in [4.69, 9.17) is 4.74 Å². The molecule has 0 bridgehead atoms. The van der Waals surface area contributed by atoms with Crippen LogP contribution in [0.5, 0.6) is 0 Å². The number of aliphatic imine (C=N–C) groups is 1. The number of carbonyl (C=O) groups excluding carboxylic acids is 1. The predicted octanol–water partition coefficient (Wildman–Crippen LogP) is 1.64. The van der Waals surface area contributed by atoms with Gasteiger partial charge in [0.1, 0.15) is 17.0 Å². The molecule has 0 atom stereocenters. The maximum atomic E-state index is 11.7. The van der Waals surface area contributed by atoms with Crippen molar-refractivity contribution in [3.63, 3.8) is 0 Å². The summed E-state index contributed by atoms with van der Waals surface area (Å²) in [6.45, 7) is 3.67. The van der Waals surface area contributed by atoms with Crippen LogP contribution in [0.25, 0.3) is 0 Å². The molecule has 1 amide bonds. The molecule has 0 aromatic carbocycles. The Morgan fingerprint density at radius 2 is 1.88 bits per heavy atom. The lowest BCUT2D eigenvalue weighted by Crippen LogP contribution is -2.49. The molecule has 1 fully saturated rings. The van der Waals surface area contributed by atoms with E-state index in [-0.39, 0.29) is 11.5 Å². The number of amidine groups is 1. The Labute approximate surface area is 96.5 Å². The molecule has 2 aliphatic rings. The molecule has 1 aliphatic carbocycles. The van der Waals surface area contributed by atoms with Crippen LogP contribution < -0.4 is 5.32 Å². The van der Waals surface area contributed by atoms with E-state index in [1.54, 1.807) is 7.11 Å². The zero-order valence-corrected chi connectivity index (χ0v) is 10.3. The summed E-state index contributed by atoms with van der Waals surface area (Å²) in [6.07, 6.45) is 5.44. The Balaban J connectivity index is 2.26. The zero-order chi connectivity index (χ0) is 11.8. The molecule has 0 aromatic heterocycles. The van der Waals surface area contributed by atoms with Gasteiger partial charge in [-0.15, -0.1) is 0 Å². The maximum Gasteiger partial charge on any atom is 0.252 e. The summed E-state index contributed by atoms with van der Waals surface area (Å²) in [4.78, 5) is 16.2. The van der Waals surface area contributed by atoms with Crippen molar-refractivity contribution in [2.45, 2.75) is 57.1 Å². The van der Waals surface area contributed by atoms with Crippen LogP contribution in [0.3, 0.4) is 0 Å². The van der Waals surface area contributed by atoms with E-state index in [1.807, 2.05) is 13.8 Å². The van der Waals surface area contributed by atoms with Crippen molar-refractivity contribution in [2.75, 3.05) is 7.11 Å². The number of carbonyl (C=O) groups is 1. The second-order valence-electron chi connectivity index (χ2n) is 5.23. The first kappa shape index (κ1) is 11.6. The average molecular weight is 224 g/mol. The van der Waals surface area contributed by atoms with Crippen LogP contribution in [0.1, 0.15) is 46.0 Å². The number of methoxy groups -OCH3 is 1. The molecular formula is C12H20N2O2. The van der Waals surface area contributed by atoms with Gasteiger partial charge in [0.15, 0.2) is 0 Å². The fourth-order valence-corrected chi connectivity index (χ4v) is 2.49. The molecule has 1 heterocycles. The molecule has 0 unspecified atom stereocenters. The number of hydrogen-bond donors (Lipinski definition) is 1. The number of amides is 1. The monoisotopic (exact) mass is 224 g/mol. The average Bonchev–Trinajstić information content (AvgIpc) is 2.55. The van der Waals surface area contributed by atoms with Crippen molar-refractivity contribution >= 4 is 11.7 Å².